The molecule has 144 valence electrons. The number of thiophene rings is 1. The molecule has 4 heterocycles. The minimum Gasteiger partial charge on any atom is -0.370 e. The van der Waals surface area contributed by atoms with E-state index in [1.165, 1.54) is 5.56 Å². The molecule has 0 saturated carbocycles. The highest BCUT2D eigenvalue weighted by Crippen LogP contribution is 2.37. The smallest absolute Gasteiger partial charge is 0.263 e. The van der Waals surface area contributed by atoms with Crippen LogP contribution in [0.4, 0.5) is 0 Å². The highest BCUT2D eigenvalue weighted by molar-refractivity contribution is 7.71. The monoisotopic (exact) mass is 412 g/mol. The number of rotatable bonds is 3. The SMILES string of the molecule is CC1(C)Cc2c(sc3c2c(=O)n(CCc2ccccc2)c2n[nH]c(=S)n32)CO1. The Morgan fingerprint density at radius 1 is 1.32 bits per heavy atom. The Labute approximate surface area is 170 Å². The van der Waals surface area contributed by atoms with Crippen LogP contribution in [0.15, 0.2) is 35.1 Å². The molecular formula is C20H20N4O2S2. The lowest BCUT2D eigenvalue weighted by Gasteiger charge is -2.29. The topological polar surface area (TPSA) is 64.3 Å². The van der Waals surface area contributed by atoms with E-state index in [-0.39, 0.29) is 11.2 Å². The Morgan fingerprint density at radius 2 is 2.11 bits per heavy atom. The van der Waals surface area contributed by atoms with Gasteiger partial charge in [0, 0.05) is 17.8 Å². The summed E-state index contributed by atoms with van der Waals surface area (Å²) in [5, 5.41) is 7.98. The van der Waals surface area contributed by atoms with Crippen molar-refractivity contribution in [1.82, 2.24) is 19.2 Å². The fraction of sp³-hybridized carbons (Fsp3) is 0.350. The second-order valence-corrected chi connectivity index (χ2v) is 9.24. The van der Waals surface area contributed by atoms with E-state index in [1.54, 1.807) is 15.9 Å². The molecule has 1 N–H and O–H groups in total. The van der Waals surface area contributed by atoms with E-state index in [2.05, 4.69) is 36.2 Å². The number of aromatic amines is 1. The first-order chi connectivity index (χ1) is 13.4. The quantitative estimate of drug-likeness (QED) is 0.519. The van der Waals surface area contributed by atoms with Crippen LogP contribution in [0.5, 0.6) is 0 Å². The standard InChI is InChI=1S/C20H20N4O2S2/c1-20(2)10-13-14(11-26-20)28-17-15(13)16(25)23(18-21-22-19(27)24(17)18)9-8-12-6-4-3-5-7-12/h3-7H,8-11H2,1-2H3,(H,22,27). The minimum absolute atomic E-state index is 0.00244. The molecule has 1 aliphatic rings. The molecule has 6 nitrogen and oxygen atoms in total. The molecule has 4 aromatic rings. The first kappa shape index (κ1) is 17.8. The van der Waals surface area contributed by atoms with E-state index in [1.807, 2.05) is 22.6 Å². The predicted octanol–water partition coefficient (Wildman–Crippen LogP) is 3.86. The molecule has 0 atom stereocenters. The maximum absolute atomic E-state index is 13.5. The van der Waals surface area contributed by atoms with Crippen LogP contribution in [-0.2, 0) is 30.7 Å². The van der Waals surface area contributed by atoms with Crippen molar-refractivity contribution in [3.63, 3.8) is 0 Å². The Morgan fingerprint density at radius 3 is 2.89 bits per heavy atom. The number of nitrogens with zero attached hydrogens (tertiary/aromatic N) is 3. The van der Waals surface area contributed by atoms with Gasteiger partial charge in [-0.25, -0.2) is 9.50 Å². The Hall–Kier alpha value is -2.29. The normalized spacial score (nSPS) is 15.9. The van der Waals surface area contributed by atoms with Crippen molar-refractivity contribution in [2.45, 2.75) is 45.4 Å². The summed E-state index contributed by atoms with van der Waals surface area (Å²) in [6.45, 7) is 5.20. The van der Waals surface area contributed by atoms with Gasteiger partial charge in [0.05, 0.1) is 17.6 Å². The Balaban J connectivity index is 1.74. The number of aryl methyl sites for hydroxylation is 2. The van der Waals surface area contributed by atoms with E-state index in [4.69, 9.17) is 17.0 Å². The van der Waals surface area contributed by atoms with Crippen molar-refractivity contribution >= 4 is 39.5 Å². The van der Waals surface area contributed by atoms with Crippen molar-refractivity contribution < 1.29 is 4.74 Å². The third-order valence-corrected chi connectivity index (χ3v) is 6.76. The van der Waals surface area contributed by atoms with E-state index in [0.29, 0.717) is 30.1 Å². The lowest BCUT2D eigenvalue weighted by Crippen LogP contribution is -2.32. The van der Waals surface area contributed by atoms with Gasteiger partial charge in [0.25, 0.3) is 5.56 Å². The fourth-order valence-corrected chi connectivity index (χ4v) is 5.38. The number of ether oxygens (including phenoxy) is 1. The highest BCUT2D eigenvalue weighted by atomic mass is 32.1. The largest absolute Gasteiger partial charge is 0.370 e. The number of fused-ring (bicyclic) bond motifs is 5. The van der Waals surface area contributed by atoms with Gasteiger partial charge in [0.2, 0.25) is 10.5 Å². The second kappa shape index (κ2) is 6.37. The van der Waals surface area contributed by atoms with Crippen molar-refractivity contribution in [2.24, 2.45) is 0 Å². The molecule has 3 aromatic heterocycles. The third-order valence-electron chi connectivity index (χ3n) is 5.29. The van der Waals surface area contributed by atoms with Gasteiger partial charge in [0.1, 0.15) is 4.83 Å². The molecule has 0 bridgehead atoms. The van der Waals surface area contributed by atoms with Gasteiger partial charge in [-0.05, 0) is 43.6 Å². The molecule has 0 amide bonds. The van der Waals surface area contributed by atoms with Crippen LogP contribution in [0.3, 0.4) is 0 Å². The maximum Gasteiger partial charge on any atom is 0.263 e. The summed E-state index contributed by atoms with van der Waals surface area (Å²) in [5.41, 5.74) is 2.00. The summed E-state index contributed by atoms with van der Waals surface area (Å²) in [6.07, 6.45) is 1.47. The number of hydrogen-bond acceptors (Lipinski definition) is 5. The maximum atomic E-state index is 13.5. The molecular weight excluding hydrogens is 392 g/mol. The summed E-state index contributed by atoms with van der Waals surface area (Å²) in [4.78, 5) is 15.5. The van der Waals surface area contributed by atoms with Crippen LogP contribution in [0.2, 0.25) is 0 Å². The van der Waals surface area contributed by atoms with E-state index >= 15 is 0 Å². The van der Waals surface area contributed by atoms with Gasteiger partial charge in [-0.2, -0.15) is 0 Å². The van der Waals surface area contributed by atoms with Crippen molar-refractivity contribution in [2.75, 3.05) is 0 Å². The van der Waals surface area contributed by atoms with E-state index in [0.717, 1.165) is 27.1 Å². The number of nitrogens with one attached hydrogen (secondary N) is 1. The number of aromatic nitrogens is 4. The van der Waals surface area contributed by atoms with Crippen molar-refractivity contribution in [3.8, 4) is 0 Å². The number of H-pyrrole nitrogens is 1. The third kappa shape index (κ3) is 2.75. The van der Waals surface area contributed by atoms with Crippen LogP contribution < -0.4 is 5.56 Å². The highest BCUT2D eigenvalue weighted by Gasteiger charge is 2.31. The Bertz CT molecular complexity index is 1310. The zero-order valence-corrected chi connectivity index (χ0v) is 17.3. The number of benzene rings is 1. The predicted molar refractivity (Wildman–Crippen MR) is 113 cm³/mol. The van der Waals surface area contributed by atoms with Crippen LogP contribution in [0.25, 0.3) is 16.0 Å². The molecule has 0 radical (unpaired) electrons. The van der Waals surface area contributed by atoms with Crippen LogP contribution in [0, 0.1) is 4.77 Å². The zero-order chi connectivity index (χ0) is 19.5. The second-order valence-electron chi connectivity index (χ2n) is 7.77. The molecule has 28 heavy (non-hydrogen) atoms. The van der Waals surface area contributed by atoms with Gasteiger partial charge in [-0.3, -0.25) is 9.36 Å². The molecule has 1 aromatic carbocycles. The summed E-state index contributed by atoms with van der Waals surface area (Å²) in [6, 6.07) is 10.2. The average molecular weight is 413 g/mol. The fourth-order valence-electron chi connectivity index (χ4n) is 3.88. The van der Waals surface area contributed by atoms with Crippen molar-refractivity contribution in [1.29, 1.82) is 0 Å². The van der Waals surface area contributed by atoms with E-state index < -0.39 is 0 Å². The van der Waals surface area contributed by atoms with Gasteiger partial charge in [-0.15, -0.1) is 16.4 Å². The minimum atomic E-state index is -0.283. The van der Waals surface area contributed by atoms with Gasteiger partial charge in [0.15, 0.2) is 0 Å². The first-order valence-electron chi connectivity index (χ1n) is 9.27. The summed E-state index contributed by atoms with van der Waals surface area (Å²) in [7, 11) is 0. The summed E-state index contributed by atoms with van der Waals surface area (Å²) >= 11 is 7.07. The molecule has 1 aliphatic heterocycles. The lowest BCUT2D eigenvalue weighted by molar-refractivity contribution is -0.0379. The number of hydrogen-bond donors (Lipinski definition) is 1. The molecule has 0 fully saturated rings. The van der Waals surface area contributed by atoms with Gasteiger partial charge < -0.3 is 4.74 Å². The summed E-state index contributed by atoms with van der Waals surface area (Å²) < 4.78 is 10.1. The molecule has 0 spiro atoms. The van der Waals surface area contributed by atoms with Crippen molar-refractivity contribution in [3.05, 3.63) is 61.5 Å². The molecule has 0 aliphatic carbocycles. The first-order valence-corrected chi connectivity index (χ1v) is 10.5. The van der Waals surface area contributed by atoms with Gasteiger partial charge in [-0.1, -0.05) is 30.3 Å². The molecule has 8 heteroatoms. The van der Waals surface area contributed by atoms with Crippen LogP contribution in [0.1, 0.15) is 29.9 Å². The molecule has 0 saturated heterocycles. The molecule has 5 rings (SSSR count). The van der Waals surface area contributed by atoms with Crippen LogP contribution >= 0.6 is 23.6 Å². The lowest BCUT2D eigenvalue weighted by atomic mass is 9.94. The Kier molecular flexibility index (Phi) is 4.04. The zero-order valence-electron chi connectivity index (χ0n) is 15.7. The van der Waals surface area contributed by atoms with E-state index in [9.17, 15) is 4.79 Å². The average Bonchev–Trinajstić information content (AvgIpc) is 3.22. The van der Waals surface area contributed by atoms with Gasteiger partial charge >= 0.3 is 0 Å². The van der Waals surface area contributed by atoms with Crippen LogP contribution in [-0.4, -0.2) is 24.8 Å². The summed E-state index contributed by atoms with van der Waals surface area (Å²) in [5.74, 6) is 0.567. The molecule has 0 unspecified atom stereocenters.